The first-order valence-corrected chi connectivity index (χ1v) is 8.14. The predicted octanol–water partition coefficient (Wildman–Crippen LogP) is 2.25. The molecule has 0 aliphatic heterocycles. The molecule has 1 atom stereocenters. The number of benzene rings is 1. The van der Waals surface area contributed by atoms with Gasteiger partial charge in [-0.1, -0.05) is 30.1 Å². The normalized spacial score (nSPS) is 13.1. The summed E-state index contributed by atoms with van der Waals surface area (Å²) in [5.74, 6) is -1.41. The zero-order chi connectivity index (χ0) is 16.2. The van der Waals surface area contributed by atoms with Crippen molar-refractivity contribution in [2.45, 2.75) is 11.8 Å². The van der Waals surface area contributed by atoms with E-state index in [0.29, 0.717) is 6.61 Å². The first-order chi connectivity index (χ1) is 9.69. The second-order valence-corrected chi connectivity index (χ2v) is 7.03. The quantitative estimate of drug-likeness (QED) is 0.782. The molecule has 21 heavy (non-hydrogen) atoms. The van der Waals surface area contributed by atoms with E-state index in [-0.39, 0.29) is 33.0 Å². The van der Waals surface area contributed by atoms with Gasteiger partial charge in [-0.15, -0.1) is 0 Å². The predicted molar refractivity (Wildman–Crippen MR) is 79.6 cm³/mol. The van der Waals surface area contributed by atoms with Gasteiger partial charge in [0.15, 0.2) is 0 Å². The maximum absolute atomic E-state index is 12.2. The average Bonchev–Trinajstić information content (AvgIpc) is 2.39. The van der Waals surface area contributed by atoms with Crippen LogP contribution in [0, 0.1) is 5.92 Å². The molecule has 0 bridgehead atoms. The molecule has 1 unspecified atom stereocenters. The molecule has 1 rings (SSSR count). The highest BCUT2D eigenvalue weighted by Crippen LogP contribution is 2.29. The lowest BCUT2D eigenvalue weighted by atomic mass is 10.2. The van der Waals surface area contributed by atoms with Crippen molar-refractivity contribution in [1.29, 1.82) is 0 Å². The average molecular weight is 356 g/mol. The molecule has 0 saturated carbocycles. The highest BCUT2D eigenvalue weighted by Gasteiger charge is 2.24. The largest absolute Gasteiger partial charge is 0.478 e. The van der Waals surface area contributed by atoms with E-state index >= 15 is 0 Å². The Hall–Kier alpha value is -0.860. The topological polar surface area (TPSA) is 92.7 Å². The third kappa shape index (κ3) is 4.82. The highest BCUT2D eigenvalue weighted by molar-refractivity contribution is 7.89. The lowest BCUT2D eigenvalue weighted by Gasteiger charge is -2.14. The lowest BCUT2D eigenvalue weighted by molar-refractivity contribution is 0.0697. The van der Waals surface area contributed by atoms with Crippen LogP contribution in [-0.2, 0) is 14.8 Å². The number of hydrogen-bond acceptors (Lipinski definition) is 4. The first-order valence-electron chi connectivity index (χ1n) is 5.90. The Kier molecular flexibility index (Phi) is 6.42. The Morgan fingerprint density at radius 2 is 2.05 bits per heavy atom. The molecule has 0 aliphatic carbocycles. The number of carboxylic acids is 1. The van der Waals surface area contributed by atoms with Crippen molar-refractivity contribution in [2.24, 2.45) is 5.92 Å². The van der Waals surface area contributed by atoms with Gasteiger partial charge < -0.3 is 9.84 Å². The Bertz CT molecular complexity index is 633. The van der Waals surface area contributed by atoms with Crippen molar-refractivity contribution >= 4 is 39.2 Å². The van der Waals surface area contributed by atoms with Gasteiger partial charge in [-0.25, -0.2) is 17.9 Å². The van der Waals surface area contributed by atoms with E-state index in [1.165, 1.54) is 7.11 Å². The van der Waals surface area contributed by atoms with Crippen LogP contribution in [0.4, 0.5) is 0 Å². The number of carboxylic acid groups (broad SMARTS) is 1. The summed E-state index contributed by atoms with van der Waals surface area (Å²) in [6.45, 7) is 2.31. The highest BCUT2D eigenvalue weighted by atomic mass is 35.5. The molecular formula is C12H15Cl2NO5S. The molecular weight excluding hydrogens is 341 g/mol. The molecule has 1 aromatic rings. The van der Waals surface area contributed by atoms with Gasteiger partial charge in [-0.3, -0.25) is 0 Å². The fourth-order valence-corrected chi connectivity index (χ4v) is 3.65. The monoisotopic (exact) mass is 355 g/mol. The molecule has 0 amide bonds. The van der Waals surface area contributed by atoms with Gasteiger partial charge >= 0.3 is 5.97 Å². The van der Waals surface area contributed by atoms with Crippen molar-refractivity contribution < 1.29 is 23.1 Å². The molecule has 0 fully saturated rings. The third-order valence-electron chi connectivity index (χ3n) is 2.60. The molecule has 0 aromatic heterocycles. The van der Waals surface area contributed by atoms with E-state index in [2.05, 4.69) is 4.72 Å². The number of sulfonamides is 1. The van der Waals surface area contributed by atoms with E-state index in [4.69, 9.17) is 33.0 Å². The van der Waals surface area contributed by atoms with E-state index in [1.54, 1.807) is 6.92 Å². The van der Waals surface area contributed by atoms with Crippen molar-refractivity contribution in [3.63, 3.8) is 0 Å². The van der Waals surface area contributed by atoms with Crippen LogP contribution in [0.2, 0.25) is 10.0 Å². The number of halogens is 2. The summed E-state index contributed by atoms with van der Waals surface area (Å²) >= 11 is 11.6. The Balaban J connectivity index is 3.11. The SMILES string of the molecule is COCC(C)CNS(=O)(=O)c1cc(Cl)cc(C(=O)O)c1Cl. The molecule has 0 spiro atoms. The summed E-state index contributed by atoms with van der Waals surface area (Å²) in [4.78, 5) is 10.7. The molecule has 2 N–H and O–H groups in total. The number of rotatable bonds is 7. The number of carbonyl (C=O) groups is 1. The molecule has 0 aliphatic rings. The molecule has 118 valence electrons. The number of ether oxygens (including phenoxy) is 1. The van der Waals surface area contributed by atoms with Gasteiger partial charge in [0.05, 0.1) is 10.6 Å². The van der Waals surface area contributed by atoms with Crippen LogP contribution in [-0.4, -0.2) is 39.8 Å². The van der Waals surface area contributed by atoms with Gasteiger partial charge in [-0.05, 0) is 18.1 Å². The Morgan fingerprint density at radius 1 is 1.43 bits per heavy atom. The minimum atomic E-state index is -3.97. The zero-order valence-corrected chi connectivity index (χ0v) is 13.7. The molecule has 1 aromatic carbocycles. The minimum Gasteiger partial charge on any atom is -0.478 e. The first kappa shape index (κ1) is 18.2. The van der Waals surface area contributed by atoms with Gasteiger partial charge in [0, 0.05) is 25.3 Å². The van der Waals surface area contributed by atoms with Crippen LogP contribution in [0.25, 0.3) is 0 Å². The van der Waals surface area contributed by atoms with Crippen LogP contribution in [0.1, 0.15) is 17.3 Å². The van der Waals surface area contributed by atoms with Gasteiger partial charge in [0.25, 0.3) is 0 Å². The fourth-order valence-electron chi connectivity index (χ4n) is 1.59. The number of aromatic carboxylic acids is 1. The van der Waals surface area contributed by atoms with E-state index < -0.39 is 16.0 Å². The summed E-state index contributed by atoms with van der Waals surface area (Å²) in [5.41, 5.74) is -0.366. The lowest BCUT2D eigenvalue weighted by Crippen LogP contribution is -2.30. The molecule has 0 heterocycles. The molecule has 0 radical (unpaired) electrons. The van der Waals surface area contributed by atoms with Crippen LogP contribution in [0.15, 0.2) is 17.0 Å². The van der Waals surface area contributed by atoms with E-state index in [9.17, 15) is 13.2 Å². The summed E-state index contributed by atoms with van der Waals surface area (Å²) in [6.07, 6.45) is 0. The van der Waals surface area contributed by atoms with Gasteiger partial charge in [-0.2, -0.15) is 0 Å². The summed E-state index contributed by atoms with van der Waals surface area (Å²) < 4.78 is 31.7. The fraction of sp³-hybridized carbons (Fsp3) is 0.417. The standard InChI is InChI=1S/C12H15Cl2NO5S/c1-7(6-20-2)5-15-21(18,19)10-4-8(13)3-9(11(10)14)12(16)17/h3-4,7,15H,5-6H2,1-2H3,(H,16,17). The second-order valence-electron chi connectivity index (χ2n) is 4.48. The maximum Gasteiger partial charge on any atom is 0.337 e. The zero-order valence-electron chi connectivity index (χ0n) is 11.4. The van der Waals surface area contributed by atoms with E-state index in [1.807, 2.05) is 0 Å². The van der Waals surface area contributed by atoms with Crippen LogP contribution in [0.5, 0.6) is 0 Å². The van der Waals surface area contributed by atoms with Crippen molar-refractivity contribution in [2.75, 3.05) is 20.3 Å². The van der Waals surface area contributed by atoms with Gasteiger partial charge in [0.1, 0.15) is 4.90 Å². The van der Waals surface area contributed by atoms with Crippen molar-refractivity contribution in [1.82, 2.24) is 4.72 Å². The van der Waals surface area contributed by atoms with Crippen LogP contribution < -0.4 is 4.72 Å². The molecule has 0 saturated heterocycles. The Morgan fingerprint density at radius 3 is 2.57 bits per heavy atom. The maximum atomic E-state index is 12.2. The number of nitrogens with one attached hydrogen (secondary N) is 1. The Labute approximate surface area is 133 Å². The van der Waals surface area contributed by atoms with E-state index in [0.717, 1.165) is 12.1 Å². The summed E-state index contributed by atoms with van der Waals surface area (Å²) in [5, 5.41) is 8.59. The molecule has 6 nitrogen and oxygen atoms in total. The van der Waals surface area contributed by atoms with Crippen LogP contribution >= 0.6 is 23.2 Å². The smallest absolute Gasteiger partial charge is 0.337 e. The second kappa shape index (κ2) is 7.42. The summed E-state index contributed by atoms with van der Waals surface area (Å²) in [7, 11) is -2.46. The third-order valence-corrected chi connectivity index (χ3v) is 4.78. The van der Waals surface area contributed by atoms with Gasteiger partial charge in [0.2, 0.25) is 10.0 Å². The number of hydrogen-bond donors (Lipinski definition) is 2. The summed E-state index contributed by atoms with van der Waals surface area (Å²) in [6, 6.07) is 2.21. The number of methoxy groups -OCH3 is 1. The molecule has 9 heteroatoms. The van der Waals surface area contributed by atoms with Crippen molar-refractivity contribution in [3.05, 3.63) is 27.7 Å². The van der Waals surface area contributed by atoms with Crippen molar-refractivity contribution in [3.8, 4) is 0 Å². The minimum absolute atomic E-state index is 0.0258. The van der Waals surface area contributed by atoms with Crippen LogP contribution in [0.3, 0.4) is 0 Å².